The van der Waals surface area contributed by atoms with Crippen LogP contribution in [0.4, 0.5) is 5.82 Å². The summed E-state index contributed by atoms with van der Waals surface area (Å²) in [5.74, 6) is 0.130. The number of rotatable bonds is 6. The molecule has 1 aliphatic heterocycles. The zero-order chi connectivity index (χ0) is 19.7. The number of ether oxygens (including phenoxy) is 2. The summed E-state index contributed by atoms with van der Waals surface area (Å²) >= 11 is 0. The molecule has 0 saturated carbocycles. The third kappa shape index (κ3) is 3.38. The number of hydrogen-bond acceptors (Lipinski definition) is 9. The van der Waals surface area contributed by atoms with Crippen LogP contribution in [0.15, 0.2) is 36.7 Å². The maximum absolute atomic E-state index is 10.3. The van der Waals surface area contributed by atoms with E-state index in [1.807, 2.05) is 30.3 Å². The quantitative estimate of drug-likeness (QED) is 0.445. The monoisotopic (exact) mass is 387 g/mol. The molecule has 1 aliphatic rings. The van der Waals surface area contributed by atoms with Crippen LogP contribution in [0.2, 0.25) is 0 Å². The van der Waals surface area contributed by atoms with Crippen LogP contribution in [0.1, 0.15) is 11.8 Å². The Morgan fingerprint density at radius 2 is 1.93 bits per heavy atom. The van der Waals surface area contributed by atoms with Crippen molar-refractivity contribution in [2.45, 2.75) is 31.0 Å². The molecule has 0 amide bonds. The molecule has 10 heteroatoms. The van der Waals surface area contributed by atoms with Gasteiger partial charge in [0.05, 0.1) is 19.5 Å². The van der Waals surface area contributed by atoms with E-state index in [1.165, 1.54) is 10.9 Å². The summed E-state index contributed by atoms with van der Waals surface area (Å²) in [6.07, 6.45) is -2.29. The van der Waals surface area contributed by atoms with Crippen molar-refractivity contribution in [3.8, 4) is 6.01 Å². The van der Waals surface area contributed by atoms with E-state index in [0.29, 0.717) is 24.2 Å². The predicted octanol–water partition coefficient (Wildman–Crippen LogP) is -0.359. The molecule has 10 nitrogen and oxygen atoms in total. The van der Waals surface area contributed by atoms with Crippen molar-refractivity contribution in [1.29, 1.82) is 0 Å². The lowest BCUT2D eigenvalue weighted by molar-refractivity contribution is -0.0511. The first kappa shape index (κ1) is 18.6. The van der Waals surface area contributed by atoms with Crippen molar-refractivity contribution >= 4 is 17.0 Å². The van der Waals surface area contributed by atoms with Crippen LogP contribution in [0, 0.1) is 0 Å². The van der Waals surface area contributed by atoms with E-state index in [-0.39, 0.29) is 11.8 Å². The highest BCUT2D eigenvalue weighted by atomic mass is 16.6. The second-order valence-corrected chi connectivity index (χ2v) is 6.53. The molecular formula is C18H21N5O5. The average molecular weight is 387 g/mol. The molecular weight excluding hydrogens is 366 g/mol. The maximum Gasteiger partial charge on any atom is 0.320 e. The van der Waals surface area contributed by atoms with Gasteiger partial charge in [0.15, 0.2) is 23.2 Å². The molecule has 148 valence electrons. The summed E-state index contributed by atoms with van der Waals surface area (Å²) in [7, 11) is 0. The second-order valence-electron chi connectivity index (χ2n) is 6.53. The Balaban J connectivity index is 1.56. The predicted molar refractivity (Wildman–Crippen MR) is 98.4 cm³/mol. The molecule has 0 radical (unpaired) electrons. The molecule has 0 bridgehead atoms. The van der Waals surface area contributed by atoms with Crippen LogP contribution < -0.4 is 10.5 Å². The minimum atomic E-state index is -1.26. The fraction of sp³-hybridized carbons (Fsp3) is 0.389. The summed E-state index contributed by atoms with van der Waals surface area (Å²) in [5, 5.41) is 29.5. The summed E-state index contributed by atoms with van der Waals surface area (Å²) in [5.41, 5.74) is 7.72. The van der Waals surface area contributed by atoms with Gasteiger partial charge in [-0.1, -0.05) is 30.3 Å². The smallest absolute Gasteiger partial charge is 0.320 e. The standard InChI is InChI=1S/C18H21N5O5/c19-15-12-16(22-18(21-15)27-7-6-10-4-2-1-3-5-10)23(9-20-12)17-14(26)13(25)11(8-24)28-17/h1-5,9,11,13-14,17,24-26H,6-8H2,(H2,19,21,22)/t11-,13?,14?,17-/m1/s1. The van der Waals surface area contributed by atoms with Crippen LogP contribution in [-0.4, -0.2) is 66.4 Å². The first-order chi connectivity index (χ1) is 13.6. The third-order valence-electron chi connectivity index (χ3n) is 4.68. The maximum atomic E-state index is 10.3. The van der Waals surface area contributed by atoms with Gasteiger partial charge < -0.3 is 30.5 Å². The Hall–Kier alpha value is -2.79. The Bertz CT molecular complexity index is 950. The van der Waals surface area contributed by atoms with Crippen molar-refractivity contribution < 1.29 is 24.8 Å². The normalized spacial score (nSPS) is 24.7. The van der Waals surface area contributed by atoms with E-state index in [0.717, 1.165) is 5.56 Å². The second kappa shape index (κ2) is 7.68. The lowest BCUT2D eigenvalue weighted by Gasteiger charge is -2.16. The van der Waals surface area contributed by atoms with Gasteiger partial charge in [-0.3, -0.25) is 4.57 Å². The average Bonchev–Trinajstić information content (AvgIpc) is 3.24. The molecule has 1 saturated heterocycles. The Morgan fingerprint density at radius 3 is 2.64 bits per heavy atom. The minimum absolute atomic E-state index is 0.0782. The number of fused-ring (bicyclic) bond motifs is 1. The van der Waals surface area contributed by atoms with E-state index >= 15 is 0 Å². The van der Waals surface area contributed by atoms with Crippen molar-refractivity contribution in [2.24, 2.45) is 0 Å². The fourth-order valence-electron chi connectivity index (χ4n) is 3.18. The summed E-state index contributed by atoms with van der Waals surface area (Å²) in [6, 6.07) is 9.93. The number of nitrogens with two attached hydrogens (primary N) is 1. The molecule has 2 aromatic heterocycles. The van der Waals surface area contributed by atoms with Crippen LogP contribution in [0.25, 0.3) is 11.2 Å². The molecule has 0 spiro atoms. The summed E-state index contributed by atoms with van der Waals surface area (Å²) in [6.45, 7) is -0.0662. The van der Waals surface area contributed by atoms with E-state index in [1.54, 1.807) is 0 Å². The first-order valence-electron chi connectivity index (χ1n) is 8.87. The molecule has 3 heterocycles. The summed E-state index contributed by atoms with van der Waals surface area (Å²) < 4.78 is 12.6. The zero-order valence-corrected chi connectivity index (χ0v) is 14.9. The highest BCUT2D eigenvalue weighted by Gasteiger charge is 2.44. The van der Waals surface area contributed by atoms with Gasteiger partial charge >= 0.3 is 6.01 Å². The Morgan fingerprint density at radius 1 is 1.14 bits per heavy atom. The van der Waals surface area contributed by atoms with Crippen LogP contribution in [0.5, 0.6) is 6.01 Å². The Labute approximate surface area is 160 Å². The lowest BCUT2D eigenvalue weighted by Crippen LogP contribution is -2.33. The lowest BCUT2D eigenvalue weighted by atomic mass is 10.1. The van der Waals surface area contributed by atoms with Crippen molar-refractivity contribution in [1.82, 2.24) is 19.5 Å². The molecule has 28 heavy (non-hydrogen) atoms. The fourth-order valence-corrected chi connectivity index (χ4v) is 3.18. The SMILES string of the molecule is Nc1nc(OCCc2ccccc2)nc2c1ncn2[C@@H]1O[C@H](CO)C(O)C1O. The molecule has 5 N–H and O–H groups in total. The molecule has 1 aromatic carbocycles. The van der Waals surface area contributed by atoms with Crippen LogP contribution in [0.3, 0.4) is 0 Å². The number of hydrogen-bond donors (Lipinski definition) is 4. The number of benzene rings is 1. The van der Waals surface area contributed by atoms with Gasteiger partial charge in [0.1, 0.15) is 18.3 Å². The van der Waals surface area contributed by atoms with Crippen molar-refractivity contribution in [3.05, 3.63) is 42.2 Å². The first-order valence-corrected chi connectivity index (χ1v) is 8.87. The Kier molecular flexibility index (Phi) is 5.09. The topological polar surface area (TPSA) is 149 Å². The molecule has 1 fully saturated rings. The van der Waals surface area contributed by atoms with Gasteiger partial charge in [0.25, 0.3) is 0 Å². The van der Waals surface area contributed by atoms with E-state index < -0.39 is 31.1 Å². The third-order valence-corrected chi connectivity index (χ3v) is 4.68. The number of aromatic nitrogens is 4. The van der Waals surface area contributed by atoms with Gasteiger partial charge in [-0.25, -0.2) is 4.98 Å². The van der Waals surface area contributed by atoms with Gasteiger partial charge in [-0.05, 0) is 5.56 Å². The van der Waals surface area contributed by atoms with Crippen LogP contribution >= 0.6 is 0 Å². The number of aliphatic hydroxyl groups is 3. The number of aliphatic hydroxyl groups excluding tert-OH is 3. The molecule has 4 rings (SSSR count). The molecule has 3 aromatic rings. The largest absolute Gasteiger partial charge is 0.463 e. The zero-order valence-electron chi connectivity index (χ0n) is 14.9. The summed E-state index contributed by atoms with van der Waals surface area (Å²) in [4.78, 5) is 12.6. The van der Waals surface area contributed by atoms with Gasteiger partial charge in [-0.2, -0.15) is 9.97 Å². The van der Waals surface area contributed by atoms with E-state index in [2.05, 4.69) is 15.0 Å². The van der Waals surface area contributed by atoms with Gasteiger partial charge in [0, 0.05) is 6.42 Å². The molecule has 4 atom stereocenters. The number of nitrogen functional groups attached to an aromatic ring is 1. The molecule has 0 aliphatic carbocycles. The van der Waals surface area contributed by atoms with Gasteiger partial charge in [0.2, 0.25) is 0 Å². The number of imidazole rings is 1. The van der Waals surface area contributed by atoms with Gasteiger partial charge in [-0.15, -0.1) is 0 Å². The van der Waals surface area contributed by atoms with Crippen LogP contribution in [-0.2, 0) is 11.2 Å². The van der Waals surface area contributed by atoms with E-state index in [9.17, 15) is 15.3 Å². The highest BCUT2D eigenvalue weighted by Crippen LogP contribution is 2.32. The molecule has 2 unspecified atom stereocenters. The highest BCUT2D eigenvalue weighted by molar-refractivity contribution is 5.82. The minimum Gasteiger partial charge on any atom is -0.463 e. The van der Waals surface area contributed by atoms with E-state index in [4.69, 9.17) is 15.2 Å². The van der Waals surface area contributed by atoms with Crippen molar-refractivity contribution in [2.75, 3.05) is 18.9 Å². The number of nitrogens with zero attached hydrogens (tertiary/aromatic N) is 4. The van der Waals surface area contributed by atoms with Crippen molar-refractivity contribution in [3.63, 3.8) is 0 Å². The number of anilines is 1.